The van der Waals surface area contributed by atoms with Crippen LogP contribution in [-0.2, 0) is 4.79 Å². The largest absolute Gasteiger partial charge is 0.286 e. The minimum absolute atomic E-state index is 0.0405. The van der Waals surface area contributed by atoms with Crippen LogP contribution in [0.2, 0.25) is 10.0 Å². The number of carbonyl (C=O) groups excluding carboxylic acids is 1. The Balaban J connectivity index is 3.13. The zero-order valence-electron chi connectivity index (χ0n) is 6.67. The summed E-state index contributed by atoms with van der Waals surface area (Å²) < 4.78 is 1.23. The molecule has 0 bridgehead atoms. The lowest BCUT2D eigenvalue weighted by Crippen LogP contribution is -2.21. The predicted octanol–water partition coefficient (Wildman–Crippen LogP) is 1.25. The molecule has 1 aromatic rings. The van der Waals surface area contributed by atoms with Crippen LogP contribution in [0.4, 0.5) is 0 Å². The number of pyridine rings is 1. The molecule has 0 aliphatic carbocycles. The molecule has 0 saturated carbocycles. The van der Waals surface area contributed by atoms with Gasteiger partial charge >= 0.3 is 0 Å². The first-order chi connectivity index (χ1) is 6.00. The molecular formula is C7H6Cl2N2O2. The number of carbonyl (C=O) groups is 1. The van der Waals surface area contributed by atoms with Gasteiger partial charge in [-0.05, 0) is 0 Å². The molecule has 13 heavy (non-hydrogen) atoms. The molecule has 1 amide bonds. The lowest BCUT2D eigenvalue weighted by atomic mass is 10.5. The smallest absolute Gasteiger partial charge is 0.235 e. The van der Waals surface area contributed by atoms with E-state index in [1.54, 1.807) is 0 Å². The van der Waals surface area contributed by atoms with Crippen LogP contribution in [-0.4, -0.2) is 10.6 Å². The summed E-state index contributed by atoms with van der Waals surface area (Å²) in [6, 6.07) is 0. The molecule has 6 heteroatoms. The van der Waals surface area contributed by atoms with Gasteiger partial charge in [-0.15, -0.1) is 0 Å². The van der Waals surface area contributed by atoms with E-state index in [9.17, 15) is 9.59 Å². The summed E-state index contributed by atoms with van der Waals surface area (Å²) >= 11 is 11.1. The van der Waals surface area contributed by atoms with Crippen LogP contribution in [0.3, 0.4) is 0 Å². The second kappa shape index (κ2) is 3.81. The number of halogens is 2. The average molecular weight is 221 g/mol. The van der Waals surface area contributed by atoms with Gasteiger partial charge in [0.2, 0.25) is 11.3 Å². The molecule has 0 fully saturated rings. The topological polar surface area (TPSA) is 51.1 Å². The van der Waals surface area contributed by atoms with Crippen molar-refractivity contribution >= 4 is 29.1 Å². The Morgan fingerprint density at radius 3 is 2.23 bits per heavy atom. The van der Waals surface area contributed by atoms with Crippen LogP contribution >= 0.6 is 23.2 Å². The van der Waals surface area contributed by atoms with Gasteiger partial charge in [-0.2, -0.15) is 0 Å². The Labute approximate surface area is 84.0 Å². The summed E-state index contributed by atoms with van der Waals surface area (Å²) in [5.41, 5.74) is 1.93. The highest BCUT2D eigenvalue weighted by molar-refractivity contribution is 6.34. The molecule has 1 heterocycles. The van der Waals surface area contributed by atoms with Crippen molar-refractivity contribution in [2.24, 2.45) is 0 Å². The average Bonchev–Trinajstić information content (AvgIpc) is 1.98. The van der Waals surface area contributed by atoms with Crippen molar-refractivity contribution < 1.29 is 4.79 Å². The van der Waals surface area contributed by atoms with Crippen LogP contribution in [0.5, 0.6) is 0 Å². The Bertz CT molecular complexity index is 374. The molecule has 4 nitrogen and oxygen atoms in total. The molecule has 1 aromatic heterocycles. The van der Waals surface area contributed by atoms with Gasteiger partial charge in [-0.3, -0.25) is 19.7 Å². The van der Waals surface area contributed by atoms with Crippen molar-refractivity contribution in [1.29, 1.82) is 0 Å². The number of amides is 1. The quantitative estimate of drug-likeness (QED) is 0.775. The van der Waals surface area contributed by atoms with Crippen LogP contribution < -0.4 is 10.9 Å². The summed E-state index contributed by atoms with van der Waals surface area (Å²) in [6.07, 6.45) is 2.55. The number of nitrogens with zero attached hydrogens (tertiary/aromatic N) is 1. The fourth-order valence-corrected chi connectivity index (χ4v) is 1.22. The van der Waals surface area contributed by atoms with Crippen LogP contribution in [0.1, 0.15) is 6.92 Å². The van der Waals surface area contributed by atoms with E-state index in [0.717, 1.165) is 0 Å². The molecule has 0 aliphatic heterocycles. The van der Waals surface area contributed by atoms with E-state index in [0.29, 0.717) is 0 Å². The van der Waals surface area contributed by atoms with Crippen LogP contribution in [0.25, 0.3) is 0 Å². The monoisotopic (exact) mass is 220 g/mol. The van der Waals surface area contributed by atoms with Gasteiger partial charge < -0.3 is 0 Å². The third-order valence-corrected chi connectivity index (χ3v) is 1.76. The normalized spacial score (nSPS) is 9.77. The minimum atomic E-state index is -0.454. The van der Waals surface area contributed by atoms with E-state index < -0.39 is 5.43 Å². The Morgan fingerprint density at radius 1 is 1.38 bits per heavy atom. The van der Waals surface area contributed by atoms with E-state index in [-0.39, 0.29) is 16.0 Å². The molecule has 70 valence electrons. The minimum Gasteiger partial charge on any atom is -0.286 e. The molecule has 1 N–H and O–H groups in total. The standard InChI is InChI=1S/C7H6Cl2N2O2/c1-4(12)10-11-2-5(8)7(13)6(9)3-11/h2-3H,1H3,(H,10,12). The molecule has 0 aromatic carbocycles. The first-order valence-electron chi connectivity index (χ1n) is 3.35. The van der Waals surface area contributed by atoms with E-state index in [2.05, 4.69) is 5.43 Å². The molecule has 0 atom stereocenters. The fraction of sp³-hybridized carbons (Fsp3) is 0.143. The maximum Gasteiger partial charge on any atom is 0.235 e. The Morgan fingerprint density at radius 2 is 1.85 bits per heavy atom. The summed E-state index contributed by atoms with van der Waals surface area (Å²) in [5.74, 6) is -0.282. The van der Waals surface area contributed by atoms with E-state index >= 15 is 0 Å². The first kappa shape index (κ1) is 10.1. The Hall–Kier alpha value is -1.00. The second-order valence-electron chi connectivity index (χ2n) is 2.36. The molecule has 0 aliphatic rings. The molecule has 0 radical (unpaired) electrons. The van der Waals surface area contributed by atoms with Gasteiger partial charge in [-0.25, -0.2) is 0 Å². The summed E-state index contributed by atoms with van der Waals surface area (Å²) in [6.45, 7) is 1.33. The van der Waals surface area contributed by atoms with E-state index in [1.165, 1.54) is 24.0 Å². The van der Waals surface area contributed by atoms with Gasteiger partial charge in [0, 0.05) is 19.3 Å². The number of nitrogens with one attached hydrogen (secondary N) is 1. The van der Waals surface area contributed by atoms with Crippen molar-refractivity contribution in [3.8, 4) is 0 Å². The van der Waals surface area contributed by atoms with E-state index in [1.807, 2.05) is 0 Å². The van der Waals surface area contributed by atoms with Crippen molar-refractivity contribution in [2.45, 2.75) is 6.92 Å². The summed E-state index contributed by atoms with van der Waals surface area (Å²) in [5, 5.41) is -0.0810. The second-order valence-corrected chi connectivity index (χ2v) is 3.17. The third-order valence-electron chi connectivity index (χ3n) is 1.23. The number of rotatable bonds is 1. The molecule has 0 saturated heterocycles. The van der Waals surface area contributed by atoms with Gasteiger partial charge in [-0.1, -0.05) is 23.2 Å². The lowest BCUT2D eigenvalue weighted by molar-refractivity contribution is -0.115. The van der Waals surface area contributed by atoms with Gasteiger partial charge in [0.1, 0.15) is 10.0 Å². The van der Waals surface area contributed by atoms with Crippen molar-refractivity contribution in [2.75, 3.05) is 5.43 Å². The highest BCUT2D eigenvalue weighted by Crippen LogP contribution is 2.06. The van der Waals surface area contributed by atoms with Crippen molar-refractivity contribution in [3.05, 3.63) is 32.7 Å². The SMILES string of the molecule is CC(=O)Nn1cc(Cl)c(=O)c(Cl)c1. The highest BCUT2D eigenvalue weighted by atomic mass is 35.5. The molecular weight excluding hydrogens is 215 g/mol. The summed E-state index contributed by atoms with van der Waals surface area (Å²) in [4.78, 5) is 21.6. The Kier molecular flexibility index (Phi) is 2.95. The maximum atomic E-state index is 11.0. The molecule has 1 rings (SSSR count). The van der Waals surface area contributed by atoms with Gasteiger partial charge in [0.05, 0.1) is 0 Å². The lowest BCUT2D eigenvalue weighted by Gasteiger charge is -2.06. The predicted molar refractivity (Wildman–Crippen MR) is 50.8 cm³/mol. The maximum absolute atomic E-state index is 11.0. The zero-order chi connectivity index (χ0) is 10.0. The number of aromatic nitrogens is 1. The third kappa shape index (κ3) is 2.47. The molecule has 0 spiro atoms. The van der Waals surface area contributed by atoms with Gasteiger partial charge in [0.15, 0.2) is 0 Å². The fourth-order valence-electron chi connectivity index (χ4n) is 0.759. The molecule has 0 unspecified atom stereocenters. The van der Waals surface area contributed by atoms with Crippen molar-refractivity contribution in [1.82, 2.24) is 4.68 Å². The number of hydrogen-bond donors (Lipinski definition) is 1. The van der Waals surface area contributed by atoms with Gasteiger partial charge in [0.25, 0.3) is 0 Å². The van der Waals surface area contributed by atoms with Crippen LogP contribution in [0, 0.1) is 0 Å². The van der Waals surface area contributed by atoms with Crippen LogP contribution in [0.15, 0.2) is 17.2 Å². The number of hydrogen-bond acceptors (Lipinski definition) is 2. The highest BCUT2D eigenvalue weighted by Gasteiger charge is 2.03. The summed E-state index contributed by atoms with van der Waals surface area (Å²) in [7, 11) is 0. The zero-order valence-corrected chi connectivity index (χ0v) is 8.19. The first-order valence-corrected chi connectivity index (χ1v) is 4.11. The van der Waals surface area contributed by atoms with Crippen molar-refractivity contribution in [3.63, 3.8) is 0 Å². The van der Waals surface area contributed by atoms with E-state index in [4.69, 9.17) is 23.2 Å².